The lowest BCUT2D eigenvalue weighted by atomic mass is 10.2. The topological polar surface area (TPSA) is 54.9 Å². The van der Waals surface area contributed by atoms with Crippen molar-refractivity contribution in [3.63, 3.8) is 0 Å². The van der Waals surface area contributed by atoms with Crippen LogP contribution in [0.3, 0.4) is 0 Å². The van der Waals surface area contributed by atoms with E-state index in [1.54, 1.807) is 18.2 Å². The number of hydrogen-bond acceptors (Lipinski definition) is 4. The van der Waals surface area contributed by atoms with E-state index in [1.807, 2.05) is 0 Å². The van der Waals surface area contributed by atoms with Gasteiger partial charge in [-0.15, -0.1) is 0 Å². The van der Waals surface area contributed by atoms with Gasteiger partial charge in [-0.25, -0.2) is 0 Å². The molecule has 0 aromatic heterocycles. The molecular formula is C17H16F3N3O2S. The highest BCUT2D eigenvalue weighted by Gasteiger charge is 2.30. The molecule has 0 radical (unpaired) electrons. The van der Waals surface area contributed by atoms with Crippen LogP contribution in [0.5, 0.6) is 11.5 Å². The minimum atomic E-state index is -4.42. The summed E-state index contributed by atoms with van der Waals surface area (Å²) in [5.41, 5.74) is 2.70. The van der Waals surface area contributed by atoms with Gasteiger partial charge in [-0.3, -0.25) is 5.43 Å². The largest absolute Gasteiger partial charge is 0.493 e. The van der Waals surface area contributed by atoms with Crippen molar-refractivity contribution >= 4 is 29.2 Å². The Kier molecular flexibility index (Phi) is 6.40. The molecule has 0 saturated heterocycles. The van der Waals surface area contributed by atoms with Gasteiger partial charge in [0.2, 0.25) is 0 Å². The molecule has 5 nitrogen and oxygen atoms in total. The molecule has 0 heterocycles. The van der Waals surface area contributed by atoms with E-state index in [2.05, 4.69) is 15.8 Å². The maximum absolute atomic E-state index is 12.7. The highest BCUT2D eigenvalue weighted by atomic mass is 32.1. The second-order valence-electron chi connectivity index (χ2n) is 5.02. The first-order valence-corrected chi connectivity index (χ1v) is 7.73. The van der Waals surface area contributed by atoms with Crippen LogP contribution in [0.1, 0.15) is 11.1 Å². The Morgan fingerprint density at radius 2 is 1.81 bits per heavy atom. The Balaban J connectivity index is 1.98. The number of methoxy groups -OCH3 is 2. The highest BCUT2D eigenvalue weighted by Crippen LogP contribution is 2.30. The number of hydrogen-bond donors (Lipinski definition) is 2. The van der Waals surface area contributed by atoms with Crippen LogP contribution in [-0.4, -0.2) is 25.5 Å². The number of alkyl halides is 3. The van der Waals surface area contributed by atoms with E-state index in [-0.39, 0.29) is 10.8 Å². The third-order valence-corrected chi connectivity index (χ3v) is 3.43. The summed E-state index contributed by atoms with van der Waals surface area (Å²) in [6.45, 7) is 0. The second kappa shape index (κ2) is 8.52. The maximum atomic E-state index is 12.7. The van der Waals surface area contributed by atoms with E-state index < -0.39 is 11.7 Å². The van der Waals surface area contributed by atoms with Gasteiger partial charge in [0.1, 0.15) is 0 Å². The van der Waals surface area contributed by atoms with Gasteiger partial charge < -0.3 is 14.8 Å². The van der Waals surface area contributed by atoms with Gasteiger partial charge in [0, 0.05) is 5.69 Å². The minimum absolute atomic E-state index is 0.0565. The summed E-state index contributed by atoms with van der Waals surface area (Å²) in [6.07, 6.45) is -2.93. The molecule has 0 unspecified atom stereocenters. The van der Waals surface area contributed by atoms with E-state index in [0.29, 0.717) is 11.5 Å². The molecule has 0 aliphatic heterocycles. The first kappa shape index (κ1) is 19.5. The number of rotatable bonds is 5. The molecule has 2 rings (SSSR count). The fraction of sp³-hybridized carbons (Fsp3) is 0.176. The number of ether oxygens (including phenoxy) is 2. The molecular weight excluding hydrogens is 367 g/mol. The Morgan fingerprint density at radius 3 is 2.46 bits per heavy atom. The van der Waals surface area contributed by atoms with Crippen molar-refractivity contribution in [3.05, 3.63) is 53.6 Å². The molecule has 138 valence electrons. The Morgan fingerprint density at radius 1 is 1.08 bits per heavy atom. The predicted molar refractivity (Wildman–Crippen MR) is 97.9 cm³/mol. The van der Waals surface area contributed by atoms with Crippen molar-refractivity contribution in [3.8, 4) is 11.5 Å². The van der Waals surface area contributed by atoms with E-state index in [1.165, 1.54) is 32.6 Å². The Labute approximate surface area is 153 Å². The van der Waals surface area contributed by atoms with E-state index in [0.717, 1.165) is 17.7 Å². The molecule has 26 heavy (non-hydrogen) atoms. The van der Waals surface area contributed by atoms with Gasteiger partial charge in [0.05, 0.1) is 26.0 Å². The van der Waals surface area contributed by atoms with Crippen molar-refractivity contribution in [2.45, 2.75) is 6.18 Å². The first-order valence-electron chi connectivity index (χ1n) is 7.33. The van der Waals surface area contributed by atoms with E-state index in [4.69, 9.17) is 21.7 Å². The molecule has 0 bridgehead atoms. The van der Waals surface area contributed by atoms with Crippen LogP contribution in [-0.2, 0) is 6.18 Å². The molecule has 0 fully saturated rings. The van der Waals surface area contributed by atoms with Crippen molar-refractivity contribution in [2.75, 3.05) is 19.5 Å². The molecule has 9 heteroatoms. The van der Waals surface area contributed by atoms with Gasteiger partial charge in [0.25, 0.3) is 0 Å². The van der Waals surface area contributed by atoms with E-state index in [9.17, 15) is 13.2 Å². The quantitative estimate of drug-likeness (QED) is 0.464. The summed E-state index contributed by atoms with van der Waals surface area (Å²) in [7, 11) is 3.05. The van der Waals surface area contributed by atoms with Crippen molar-refractivity contribution in [1.82, 2.24) is 5.43 Å². The van der Waals surface area contributed by atoms with Crippen LogP contribution >= 0.6 is 12.2 Å². The zero-order valence-electron chi connectivity index (χ0n) is 13.9. The first-order chi connectivity index (χ1) is 12.3. The fourth-order valence-electron chi connectivity index (χ4n) is 2.03. The van der Waals surface area contributed by atoms with Crippen molar-refractivity contribution in [2.24, 2.45) is 5.10 Å². The van der Waals surface area contributed by atoms with Crippen LogP contribution in [0, 0.1) is 0 Å². The van der Waals surface area contributed by atoms with Crippen LogP contribution < -0.4 is 20.2 Å². The summed E-state index contributed by atoms with van der Waals surface area (Å²) < 4.78 is 48.4. The number of anilines is 1. The normalized spacial score (nSPS) is 11.3. The lowest BCUT2D eigenvalue weighted by molar-refractivity contribution is -0.137. The van der Waals surface area contributed by atoms with Crippen LogP contribution in [0.15, 0.2) is 47.6 Å². The van der Waals surface area contributed by atoms with Gasteiger partial charge in [-0.05, 0) is 54.2 Å². The van der Waals surface area contributed by atoms with Gasteiger partial charge in [-0.2, -0.15) is 18.3 Å². The van der Waals surface area contributed by atoms with E-state index >= 15 is 0 Å². The smallest absolute Gasteiger partial charge is 0.416 e. The number of thiocarbonyl (C=S) groups is 1. The average molecular weight is 383 g/mol. The molecule has 0 aliphatic rings. The van der Waals surface area contributed by atoms with Crippen LogP contribution in [0.4, 0.5) is 18.9 Å². The Hall–Kier alpha value is -2.81. The third kappa shape index (κ3) is 5.35. The summed E-state index contributed by atoms with van der Waals surface area (Å²) in [5.74, 6) is 1.13. The Bertz CT molecular complexity index is 810. The zero-order chi connectivity index (χ0) is 19.2. The third-order valence-electron chi connectivity index (χ3n) is 3.24. The van der Waals surface area contributed by atoms with Gasteiger partial charge in [0.15, 0.2) is 16.6 Å². The molecule has 0 saturated carbocycles. The maximum Gasteiger partial charge on any atom is 0.416 e. The molecule has 0 amide bonds. The number of nitrogens with one attached hydrogen (secondary N) is 2. The standard InChI is InChI=1S/C17H16F3N3O2S/c1-24-14-7-6-11(8-15(14)25-2)10-21-23-16(26)22-13-5-3-4-12(9-13)17(18,19)20/h3-10H,1-2H3,(H2,22,23,26)/b21-10-. The molecule has 0 spiro atoms. The average Bonchev–Trinajstić information content (AvgIpc) is 2.61. The summed E-state index contributed by atoms with van der Waals surface area (Å²) in [5, 5.41) is 6.64. The summed E-state index contributed by atoms with van der Waals surface area (Å²) in [4.78, 5) is 0. The monoisotopic (exact) mass is 383 g/mol. The summed E-state index contributed by atoms with van der Waals surface area (Å²) >= 11 is 5.01. The van der Waals surface area contributed by atoms with Crippen molar-refractivity contribution in [1.29, 1.82) is 0 Å². The summed E-state index contributed by atoms with van der Waals surface area (Å²) in [6, 6.07) is 9.91. The fourth-order valence-corrected chi connectivity index (χ4v) is 2.20. The van der Waals surface area contributed by atoms with Crippen molar-refractivity contribution < 1.29 is 22.6 Å². The second-order valence-corrected chi connectivity index (χ2v) is 5.43. The number of nitrogens with zero attached hydrogens (tertiary/aromatic N) is 1. The van der Waals surface area contributed by atoms with Crippen LogP contribution in [0.2, 0.25) is 0 Å². The minimum Gasteiger partial charge on any atom is -0.493 e. The van der Waals surface area contributed by atoms with Crippen LogP contribution in [0.25, 0.3) is 0 Å². The van der Waals surface area contributed by atoms with Gasteiger partial charge >= 0.3 is 6.18 Å². The SMILES string of the molecule is COc1ccc(/C=N\NC(=S)Nc2cccc(C(F)(F)F)c2)cc1OC. The molecule has 2 aromatic carbocycles. The lowest BCUT2D eigenvalue weighted by Crippen LogP contribution is -2.24. The molecule has 0 aliphatic carbocycles. The zero-order valence-corrected chi connectivity index (χ0v) is 14.7. The number of benzene rings is 2. The number of hydrazone groups is 1. The predicted octanol–water partition coefficient (Wildman–Crippen LogP) is 4.04. The molecule has 2 N–H and O–H groups in total. The number of halogens is 3. The highest BCUT2D eigenvalue weighted by molar-refractivity contribution is 7.80. The molecule has 2 aromatic rings. The molecule has 0 atom stereocenters. The lowest BCUT2D eigenvalue weighted by Gasteiger charge is -2.11. The van der Waals surface area contributed by atoms with Gasteiger partial charge in [-0.1, -0.05) is 6.07 Å².